The summed E-state index contributed by atoms with van der Waals surface area (Å²) in [5.74, 6) is 0.0210. The molecule has 3 amide bonds. The molecule has 3 N–H and O–H groups in total. The van der Waals surface area contributed by atoms with Gasteiger partial charge in [-0.3, -0.25) is 9.69 Å². The van der Waals surface area contributed by atoms with E-state index in [1.807, 2.05) is 30.3 Å². The summed E-state index contributed by atoms with van der Waals surface area (Å²) in [5, 5.41) is 3.19. The molecule has 2 heterocycles. The molecule has 0 aliphatic carbocycles. The molecule has 0 saturated carbocycles. The molecule has 0 unspecified atom stereocenters. The molecule has 2 aromatic carbocycles. The predicted octanol–water partition coefficient (Wildman–Crippen LogP) is 2.44. The van der Waals surface area contributed by atoms with Gasteiger partial charge >= 0.3 is 6.03 Å². The zero-order chi connectivity index (χ0) is 19.0. The molecular weight excluding hydrogens is 364 g/mol. The standard InChI is InChI=1S/C20H21ClN4O2/c21-16-7-6-14(10-18(16)25-9-8-23-20(25)27)19(26)24-11-15(17(22)12-24)13-4-2-1-3-5-13/h1-7,10,15,17H,8-9,11-12,22H2,(H,23,27)/t15-,17+/m0/s1. The maximum Gasteiger partial charge on any atom is 0.322 e. The van der Waals surface area contributed by atoms with Gasteiger partial charge in [-0.1, -0.05) is 41.9 Å². The van der Waals surface area contributed by atoms with Gasteiger partial charge in [-0.15, -0.1) is 0 Å². The number of hydrogen-bond acceptors (Lipinski definition) is 3. The van der Waals surface area contributed by atoms with E-state index in [4.69, 9.17) is 17.3 Å². The fraction of sp³-hybridized carbons (Fsp3) is 0.300. The Bertz CT molecular complexity index is 874. The summed E-state index contributed by atoms with van der Waals surface area (Å²) in [6, 6.07) is 14.8. The highest BCUT2D eigenvalue weighted by Crippen LogP contribution is 2.31. The summed E-state index contributed by atoms with van der Waals surface area (Å²) in [4.78, 5) is 28.3. The topological polar surface area (TPSA) is 78.7 Å². The van der Waals surface area contributed by atoms with Crippen LogP contribution in [0.15, 0.2) is 48.5 Å². The zero-order valence-corrected chi connectivity index (χ0v) is 15.5. The number of halogens is 1. The molecule has 0 spiro atoms. The Morgan fingerprint density at radius 3 is 2.63 bits per heavy atom. The molecule has 2 aromatic rings. The molecule has 2 aliphatic rings. The van der Waals surface area contributed by atoms with Crippen LogP contribution in [0.3, 0.4) is 0 Å². The van der Waals surface area contributed by atoms with E-state index in [0.717, 1.165) is 5.56 Å². The van der Waals surface area contributed by atoms with E-state index in [1.165, 1.54) is 0 Å². The monoisotopic (exact) mass is 384 g/mol. The highest BCUT2D eigenvalue weighted by molar-refractivity contribution is 6.34. The number of hydrogen-bond donors (Lipinski definition) is 2. The van der Waals surface area contributed by atoms with Crippen LogP contribution in [-0.4, -0.2) is 49.1 Å². The van der Waals surface area contributed by atoms with Crippen LogP contribution in [0, 0.1) is 0 Å². The number of carbonyl (C=O) groups is 2. The fourth-order valence-electron chi connectivity index (χ4n) is 3.78. The summed E-state index contributed by atoms with van der Waals surface area (Å²) in [7, 11) is 0. The van der Waals surface area contributed by atoms with Crippen molar-refractivity contribution in [1.82, 2.24) is 10.2 Å². The SMILES string of the molecule is N[C@@H]1CN(C(=O)c2ccc(Cl)c(N3CCNC3=O)c2)C[C@H]1c1ccccc1. The van der Waals surface area contributed by atoms with Crippen molar-refractivity contribution in [3.05, 3.63) is 64.7 Å². The number of amides is 3. The second kappa shape index (κ2) is 7.21. The summed E-state index contributed by atoms with van der Waals surface area (Å²) < 4.78 is 0. The molecule has 0 aromatic heterocycles. The minimum Gasteiger partial charge on any atom is -0.336 e. The first-order valence-electron chi connectivity index (χ1n) is 8.99. The summed E-state index contributed by atoms with van der Waals surface area (Å²) >= 11 is 6.27. The van der Waals surface area contributed by atoms with Gasteiger partial charge in [0.2, 0.25) is 0 Å². The predicted molar refractivity (Wildman–Crippen MR) is 105 cm³/mol. The van der Waals surface area contributed by atoms with Crippen molar-refractivity contribution >= 4 is 29.2 Å². The molecule has 2 saturated heterocycles. The lowest BCUT2D eigenvalue weighted by Crippen LogP contribution is -2.32. The molecule has 0 radical (unpaired) electrons. The third kappa shape index (κ3) is 3.38. The normalized spacial score (nSPS) is 22.2. The van der Waals surface area contributed by atoms with Gasteiger partial charge in [-0.05, 0) is 23.8 Å². The van der Waals surface area contributed by atoms with Gasteiger partial charge in [-0.25, -0.2) is 4.79 Å². The number of benzene rings is 2. The summed E-state index contributed by atoms with van der Waals surface area (Å²) in [6.07, 6.45) is 0. The minimum atomic E-state index is -0.200. The van der Waals surface area contributed by atoms with E-state index >= 15 is 0 Å². The largest absolute Gasteiger partial charge is 0.336 e. The first-order valence-corrected chi connectivity index (χ1v) is 9.37. The van der Waals surface area contributed by atoms with Crippen LogP contribution < -0.4 is 16.0 Å². The number of nitrogens with two attached hydrogens (primary N) is 1. The van der Waals surface area contributed by atoms with Gasteiger partial charge < -0.3 is 16.0 Å². The first kappa shape index (κ1) is 17.8. The van der Waals surface area contributed by atoms with Gasteiger partial charge in [0.1, 0.15) is 0 Å². The lowest BCUT2D eigenvalue weighted by molar-refractivity contribution is 0.0789. The van der Waals surface area contributed by atoms with Gasteiger partial charge in [0.05, 0.1) is 10.7 Å². The number of likely N-dealkylation sites (tertiary alicyclic amines) is 1. The highest BCUT2D eigenvalue weighted by Gasteiger charge is 2.34. The quantitative estimate of drug-likeness (QED) is 0.853. The highest BCUT2D eigenvalue weighted by atomic mass is 35.5. The van der Waals surface area contributed by atoms with E-state index in [2.05, 4.69) is 5.32 Å². The number of carbonyl (C=O) groups excluding carboxylic acids is 2. The molecule has 2 fully saturated rings. The van der Waals surface area contributed by atoms with Crippen LogP contribution in [0.1, 0.15) is 21.8 Å². The van der Waals surface area contributed by atoms with Gasteiger partial charge in [0.25, 0.3) is 5.91 Å². The zero-order valence-electron chi connectivity index (χ0n) is 14.8. The van der Waals surface area contributed by atoms with Crippen molar-refractivity contribution in [2.45, 2.75) is 12.0 Å². The van der Waals surface area contributed by atoms with Crippen LogP contribution >= 0.6 is 11.6 Å². The lowest BCUT2D eigenvalue weighted by Gasteiger charge is -2.20. The van der Waals surface area contributed by atoms with Crippen LogP contribution in [0.4, 0.5) is 10.5 Å². The maximum absolute atomic E-state index is 13.0. The van der Waals surface area contributed by atoms with Crippen molar-refractivity contribution in [2.24, 2.45) is 5.73 Å². The van der Waals surface area contributed by atoms with Crippen molar-refractivity contribution in [3.8, 4) is 0 Å². The number of rotatable bonds is 3. The molecular formula is C20H21ClN4O2. The van der Waals surface area contributed by atoms with E-state index in [1.54, 1.807) is 28.0 Å². The Morgan fingerprint density at radius 1 is 1.15 bits per heavy atom. The Balaban J connectivity index is 1.56. The van der Waals surface area contributed by atoms with Crippen molar-refractivity contribution in [1.29, 1.82) is 0 Å². The average molecular weight is 385 g/mol. The maximum atomic E-state index is 13.0. The summed E-state index contributed by atoms with van der Waals surface area (Å²) in [6.45, 7) is 2.17. The minimum absolute atomic E-state index is 0.0959. The molecule has 7 heteroatoms. The Morgan fingerprint density at radius 2 is 1.93 bits per heavy atom. The van der Waals surface area contributed by atoms with Crippen molar-refractivity contribution in [3.63, 3.8) is 0 Å². The fourth-order valence-corrected chi connectivity index (χ4v) is 4.00. The van der Waals surface area contributed by atoms with Crippen molar-refractivity contribution in [2.75, 3.05) is 31.1 Å². The summed E-state index contributed by atoms with van der Waals surface area (Å²) in [5.41, 5.74) is 8.52. The van der Waals surface area contributed by atoms with Crippen LogP contribution in [0.5, 0.6) is 0 Å². The van der Waals surface area contributed by atoms with E-state index in [-0.39, 0.29) is 23.9 Å². The molecule has 27 heavy (non-hydrogen) atoms. The molecule has 2 aliphatic heterocycles. The second-order valence-electron chi connectivity index (χ2n) is 6.94. The molecule has 2 atom stereocenters. The van der Waals surface area contributed by atoms with Crippen molar-refractivity contribution < 1.29 is 9.59 Å². The number of nitrogens with one attached hydrogen (secondary N) is 1. The van der Waals surface area contributed by atoms with Gasteiger partial charge in [0, 0.05) is 43.7 Å². The molecule has 140 valence electrons. The smallest absolute Gasteiger partial charge is 0.322 e. The molecule has 0 bridgehead atoms. The Hall–Kier alpha value is -2.57. The first-order chi connectivity index (χ1) is 13.0. The molecule has 4 rings (SSSR count). The van der Waals surface area contributed by atoms with Gasteiger partial charge in [0.15, 0.2) is 0 Å². The lowest BCUT2D eigenvalue weighted by atomic mass is 9.95. The Kier molecular flexibility index (Phi) is 4.76. The average Bonchev–Trinajstić information content (AvgIpc) is 3.28. The third-order valence-electron chi connectivity index (χ3n) is 5.22. The van der Waals surface area contributed by atoms with Crippen LogP contribution in [0.25, 0.3) is 0 Å². The van der Waals surface area contributed by atoms with E-state index in [9.17, 15) is 9.59 Å². The van der Waals surface area contributed by atoms with Crippen LogP contribution in [-0.2, 0) is 0 Å². The van der Waals surface area contributed by atoms with E-state index < -0.39 is 0 Å². The molecule has 6 nitrogen and oxygen atoms in total. The van der Waals surface area contributed by atoms with Gasteiger partial charge in [-0.2, -0.15) is 0 Å². The Labute approximate surface area is 162 Å². The second-order valence-corrected chi connectivity index (χ2v) is 7.35. The number of urea groups is 1. The van der Waals surface area contributed by atoms with Crippen LogP contribution in [0.2, 0.25) is 5.02 Å². The third-order valence-corrected chi connectivity index (χ3v) is 5.54. The number of anilines is 1. The van der Waals surface area contributed by atoms with E-state index in [0.29, 0.717) is 42.5 Å². The number of nitrogens with zero attached hydrogens (tertiary/aromatic N) is 2.